The normalized spacial score (nSPS) is 46.9. The average molecular weight is 366 g/mol. The molecule has 0 aromatic rings. The molecule has 0 aromatic heterocycles. The van der Waals surface area contributed by atoms with Crippen LogP contribution in [0.3, 0.4) is 0 Å². The Bertz CT molecular complexity index is 667. The minimum Gasteiger partial charge on any atom is -0.790 e. The van der Waals surface area contributed by atoms with Gasteiger partial charge < -0.3 is 18.9 Å². The molecule has 0 radical (unpaired) electrons. The second-order valence-corrected chi connectivity index (χ2v) is 10.2. The minimum atomic E-state index is -4.95. The molecule has 4 rings (SSSR count). The first-order valence-electron chi connectivity index (χ1n) is 9.58. The quantitative estimate of drug-likeness (QED) is 0.701. The molecule has 0 amide bonds. The number of ketones is 1. The third kappa shape index (κ3) is 2.79. The van der Waals surface area contributed by atoms with Crippen LogP contribution < -0.4 is 9.79 Å². The van der Waals surface area contributed by atoms with Crippen LogP contribution in [0, 0.1) is 28.6 Å². The van der Waals surface area contributed by atoms with Crippen LogP contribution in [-0.2, 0) is 13.9 Å². The summed E-state index contributed by atoms with van der Waals surface area (Å²) in [6.45, 7) is 4.45. The molecule has 0 N–H and O–H groups in total. The van der Waals surface area contributed by atoms with Gasteiger partial charge in [-0.05, 0) is 79.6 Å². The van der Waals surface area contributed by atoms with Gasteiger partial charge in [0.25, 0.3) is 0 Å². The topological polar surface area (TPSA) is 89.5 Å². The molecule has 6 heteroatoms. The van der Waals surface area contributed by atoms with Gasteiger partial charge in [0, 0.05) is 6.42 Å². The number of phosphoric acid groups is 1. The Balaban J connectivity index is 1.61. The average Bonchev–Trinajstić information content (AvgIpc) is 2.83. The molecule has 4 aliphatic rings. The second kappa shape index (κ2) is 5.76. The Kier molecular flexibility index (Phi) is 4.12. The molecule has 0 aliphatic heterocycles. The van der Waals surface area contributed by atoms with Gasteiger partial charge in [-0.15, -0.1) is 0 Å². The van der Waals surface area contributed by atoms with E-state index in [4.69, 9.17) is 4.52 Å². The maximum Gasteiger partial charge on any atom is 0.155 e. The molecular weight excluding hydrogens is 339 g/mol. The fourth-order valence-corrected chi connectivity index (χ4v) is 7.50. The number of fused-ring (bicyclic) bond motifs is 5. The highest BCUT2D eigenvalue weighted by Gasteiger charge is 2.59. The predicted molar refractivity (Wildman–Crippen MR) is 89.2 cm³/mol. The fourth-order valence-electron chi connectivity index (χ4n) is 6.84. The number of carbonyl (C=O) groups is 1. The fraction of sp³-hybridized carbons (Fsp3) is 0.842. The highest BCUT2D eigenvalue weighted by Crippen LogP contribution is 2.66. The summed E-state index contributed by atoms with van der Waals surface area (Å²) >= 11 is 0. The van der Waals surface area contributed by atoms with Crippen LogP contribution in [0.1, 0.15) is 65.2 Å². The van der Waals surface area contributed by atoms with E-state index in [9.17, 15) is 19.1 Å². The van der Waals surface area contributed by atoms with E-state index >= 15 is 0 Å². The predicted octanol–water partition coefficient (Wildman–Crippen LogP) is 2.73. The molecule has 0 bridgehead atoms. The van der Waals surface area contributed by atoms with Crippen molar-refractivity contribution in [3.05, 3.63) is 11.6 Å². The Labute approximate surface area is 149 Å². The Morgan fingerprint density at radius 2 is 1.84 bits per heavy atom. The third-order valence-corrected chi connectivity index (χ3v) is 8.64. The zero-order chi connectivity index (χ0) is 18.0. The van der Waals surface area contributed by atoms with Crippen LogP contribution in [0.5, 0.6) is 0 Å². The molecule has 3 saturated carbocycles. The van der Waals surface area contributed by atoms with Gasteiger partial charge in [0.1, 0.15) is 0 Å². The van der Waals surface area contributed by atoms with Crippen LogP contribution >= 0.6 is 7.82 Å². The van der Waals surface area contributed by atoms with E-state index in [1.807, 2.05) is 6.08 Å². The van der Waals surface area contributed by atoms with E-state index in [0.717, 1.165) is 38.5 Å². The van der Waals surface area contributed by atoms with Crippen molar-refractivity contribution in [1.82, 2.24) is 0 Å². The van der Waals surface area contributed by atoms with E-state index in [2.05, 4.69) is 13.8 Å². The molecule has 25 heavy (non-hydrogen) atoms. The molecule has 0 heterocycles. The molecule has 5 nitrogen and oxygen atoms in total. The monoisotopic (exact) mass is 366 g/mol. The molecule has 3 fully saturated rings. The van der Waals surface area contributed by atoms with Crippen molar-refractivity contribution >= 4 is 13.6 Å². The van der Waals surface area contributed by atoms with Gasteiger partial charge in [-0.3, -0.25) is 4.79 Å². The lowest BCUT2D eigenvalue weighted by molar-refractivity contribution is -0.347. The molecule has 0 saturated heterocycles. The maximum atomic E-state index is 11.9. The van der Waals surface area contributed by atoms with Gasteiger partial charge in [-0.2, -0.15) is 0 Å². The van der Waals surface area contributed by atoms with Crippen molar-refractivity contribution in [2.45, 2.75) is 71.3 Å². The second-order valence-electron chi connectivity index (χ2n) is 9.13. The highest BCUT2D eigenvalue weighted by molar-refractivity contribution is 7.43. The number of carbonyl (C=O) groups excluding carboxylic acids is 1. The van der Waals surface area contributed by atoms with E-state index in [0.29, 0.717) is 30.6 Å². The summed E-state index contributed by atoms with van der Waals surface area (Å²) in [5.74, 6) is 1.78. The van der Waals surface area contributed by atoms with E-state index < -0.39 is 13.9 Å². The molecule has 0 unspecified atom stereocenters. The molecular formula is C19H27O5P-2. The Morgan fingerprint density at radius 1 is 1.08 bits per heavy atom. The third-order valence-electron chi connectivity index (χ3n) is 8.13. The van der Waals surface area contributed by atoms with Crippen molar-refractivity contribution in [2.75, 3.05) is 0 Å². The first kappa shape index (κ1) is 17.9. The summed E-state index contributed by atoms with van der Waals surface area (Å²) in [5.41, 5.74) is 1.24. The SMILES string of the molecule is C[C@]12CC[C@H]3[C@H](CCC4=CC(=O)CC[C@@]43C)[C@@H]1CC[C@@H]2OP(=O)([O-])[O-]. The minimum absolute atomic E-state index is 0.115. The first-order valence-corrected chi connectivity index (χ1v) is 11.0. The number of phosphoric ester groups is 1. The van der Waals surface area contributed by atoms with Crippen LogP contribution in [0.2, 0.25) is 0 Å². The van der Waals surface area contributed by atoms with Crippen molar-refractivity contribution in [3.8, 4) is 0 Å². The van der Waals surface area contributed by atoms with Crippen LogP contribution in [0.4, 0.5) is 0 Å². The van der Waals surface area contributed by atoms with Gasteiger partial charge in [0.15, 0.2) is 5.78 Å². The smallest absolute Gasteiger partial charge is 0.155 e. The number of hydrogen-bond acceptors (Lipinski definition) is 5. The lowest BCUT2D eigenvalue weighted by Crippen LogP contribution is -2.51. The number of allylic oxidation sites excluding steroid dienone is 1. The zero-order valence-corrected chi connectivity index (χ0v) is 15.9. The van der Waals surface area contributed by atoms with Gasteiger partial charge in [0.2, 0.25) is 0 Å². The van der Waals surface area contributed by atoms with Crippen LogP contribution in [-0.4, -0.2) is 11.9 Å². The molecule has 0 spiro atoms. The van der Waals surface area contributed by atoms with Crippen LogP contribution in [0.25, 0.3) is 0 Å². The summed E-state index contributed by atoms with van der Waals surface area (Å²) in [6.07, 6.45) is 8.61. The lowest BCUT2D eigenvalue weighted by atomic mass is 9.47. The van der Waals surface area contributed by atoms with Crippen LogP contribution in [0.15, 0.2) is 11.6 Å². The maximum absolute atomic E-state index is 11.9. The summed E-state index contributed by atoms with van der Waals surface area (Å²) in [6, 6.07) is 0. The number of rotatable bonds is 2. The van der Waals surface area contributed by atoms with Gasteiger partial charge in [-0.1, -0.05) is 19.4 Å². The largest absolute Gasteiger partial charge is 0.790 e. The summed E-state index contributed by atoms with van der Waals surface area (Å²) < 4.78 is 16.2. The van der Waals surface area contributed by atoms with Crippen molar-refractivity contribution in [3.63, 3.8) is 0 Å². The van der Waals surface area contributed by atoms with E-state index in [-0.39, 0.29) is 16.6 Å². The number of hydrogen-bond donors (Lipinski definition) is 0. The zero-order valence-electron chi connectivity index (χ0n) is 15.0. The van der Waals surface area contributed by atoms with Gasteiger partial charge in [0.05, 0.1) is 13.9 Å². The highest BCUT2D eigenvalue weighted by atomic mass is 31.2. The van der Waals surface area contributed by atoms with E-state index in [1.54, 1.807) is 0 Å². The lowest BCUT2D eigenvalue weighted by Gasteiger charge is -2.58. The molecule has 140 valence electrons. The van der Waals surface area contributed by atoms with Crippen molar-refractivity contribution in [2.24, 2.45) is 28.6 Å². The van der Waals surface area contributed by atoms with Gasteiger partial charge >= 0.3 is 0 Å². The van der Waals surface area contributed by atoms with Crippen molar-refractivity contribution in [1.29, 1.82) is 0 Å². The molecule has 6 atom stereocenters. The summed E-state index contributed by atoms with van der Waals surface area (Å²) in [4.78, 5) is 34.2. The first-order chi connectivity index (χ1) is 11.6. The Morgan fingerprint density at radius 3 is 2.56 bits per heavy atom. The Hall–Kier alpha value is -0.480. The molecule has 4 aliphatic carbocycles. The molecule has 0 aromatic carbocycles. The summed E-state index contributed by atoms with van der Waals surface area (Å²) in [7, 11) is -4.95. The standard InChI is InChI=1S/C19H29O5P/c1-18-9-7-13(20)11-12(18)3-4-14-15-5-6-17(24-25(21,22)23)19(15,2)10-8-16(14)18/h11,14-17H,3-10H2,1-2H3,(H2,21,22,23)/p-2/t14-,15+,16+,17+,18+,19+/m1/s1. The van der Waals surface area contributed by atoms with E-state index in [1.165, 1.54) is 5.57 Å². The van der Waals surface area contributed by atoms with Crippen molar-refractivity contribution < 1.29 is 23.7 Å². The van der Waals surface area contributed by atoms with Gasteiger partial charge in [-0.25, -0.2) is 0 Å². The summed E-state index contributed by atoms with van der Waals surface area (Å²) in [5, 5.41) is 0.